The molecule has 0 aliphatic carbocycles. The number of rotatable bonds is 1. The first-order valence-corrected chi connectivity index (χ1v) is 4.50. The fourth-order valence-electron chi connectivity index (χ4n) is 1.27. The van der Waals surface area contributed by atoms with Crippen LogP contribution in [-0.2, 0) is 0 Å². The van der Waals surface area contributed by atoms with E-state index < -0.39 is 5.82 Å². The molecule has 0 spiro atoms. The number of hydrogen-bond acceptors (Lipinski definition) is 1. The molecule has 14 heavy (non-hydrogen) atoms. The van der Waals surface area contributed by atoms with E-state index in [1.54, 1.807) is 0 Å². The van der Waals surface area contributed by atoms with Crippen LogP contribution in [0.3, 0.4) is 0 Å². The van der Waals surface area contributed by atoms with Crippen LogP contribution in [0.1, 0.15) is 10.5 Å². The second kappa shape index (κ2) is 3.26. The van der Waals surface area contributed by atoms with Crippen molar-refractivity contribution < 1.29 is 9.18 Å². The molecule has 2 rings (SSSR count). The van der Waals surface area contributed by atoms with Gasteiger partial charge in [0, 0.05) is 5.39 Å². The standard InChI is InChI=1S/C9H4Cl2FNO/c10-6-2-7(11)8(12)9-5(6)1-4(3-14)13-9/h1-3,13H. The normalized spacial score (nSPS) is 10.8. The van der Waals surface area contributed by atoms with Crippen molar-refractivity contribution in [3.63, 3.8) is 0 Å². The number of fused-ring (bicyclic) bond motifs is 1. The highest BCUT2D eigenvalue weighted by molar-refractivity contribution is 6.38. The fraction of sp³-hybridized carbons (Fsp3) is 0. The first-order chi connectivity index (χ1) is 6.63. The summed E-state index contributed by atoms with van der Waals surface area (Å²) in [5, 5.41) is 0.702. The number of carbonyl (C=O) groups is 1. The van der Waals surface area contributed by atoms with Crippen molar-refractivity contribution >= 4 is 40.4 Å². The average Bonchev–Trinajstić information content (AvgIpc) is 2.58. The number of carbonyl (C=O) groups excluding carboxylic acids is 1. The maximum atomic E-state index is 13.4. The average molecular weight is 232 g/mol. The van der Waals surface area contributed by atoms with Crippen molar-refractivity contribution in [1.29, 1.82) is 0 Å². The van der Waals surface area contributed by atoms with Crippen molar-refractivity contribution in [2.45, 2.75) is 0 Å². The Hall–Kier alpha value is -1.06. The fourth-order valence-corrected chi connectivity index (χ4v) is 1.79. The zero-order valence-corrected chi connectivity index (χ0v) is 8.29. The summed E-state index contributed by atoms with van der Waals surface area (Å²) < 4.78 is 13.4. The molecule has 1 aromatic heterocycles. The Morgan fingerprint density at radius 2 is 2.00 bits per heavy atom. The predicted octanol–water partition coefficient (Wildman–Crippen LogP) is 3.43. The van der Waals surface area contributed by atoms with Gasteiger partial charge in [0.25, 0.3) is 0 Å². The Morgan fingerprint density at radius 3 is 2.64 bits per heavy atom. The molecule has 0 saturated heterocycles. The molecule has 1 N–H and O–H groups in total. The van der Waals surface area contributed by atoms with Crippen LogP contribution in [-0.4, -0.2) is 11.3 Å². The number of aromatic amines is 1. The van der Waals surface area contributed by atoms with Crippen molar-refractivity contribution in [2.75, 3.05) is 0 Å². The second-order valence-electron chi connectivity index (χ2n) is 2.79. The van der Waals surface area contributed by atoms with Gasteiger partial charge in [-0.15, -0.1) is 0 Å². The van der Waals surface area contributed by atoms with Crippen molar-refractivity contribution in [1.82, 2.24) is 4.98 Å². The summed E-state index contributed by atoms with van der Waals surface area (Å²) in [7, 11) is 0. The lowest BCUT2D eigenvalue weighted by Gasteiger charge is -1.97. The molecule has 0 fully saturated rings. The molecule has 1 aromatic carbocycles. The van der Waals surface area contributed by atoms with Gasteiger partial charge in [0.1, 0.15) is 0 Å². The lowest BCUT2D eigenvalue weighted by Crippen LogP contribution is -1.81. The molecule has 5 heteroatoms. The molecule has 2 nitrogen and oxygen atoms in total. The van der Waals surface area contributed by atoms with Crippen LogP contribution in [0.15, 0.2) is 12.1 Å². The SMILES string of the molecule is O=Cc1cc2c(Cl)cc(Cl)c(F)c2[nH]1. The molecule has 0 bridgehead atoms. The largest absolute Gasteiger partial charge is 0.350 e. The first kappa shape index (κ1) is 9.49. The van der Waals surface area contributed by atoms with E-state index in [2.05, 4.69) is 4.98 Å². The quantitative estimate of drug-likeness (QED) is 0.592. The number of aldehydes is 1. The van der Waals surface area contributed by atoms with Gasteiger partial charge in [-0.3, -0.25) is 4.79 Å². The molecular formula is C9H4Cl2FNO. The molecular weight excluding hydrogens is 228 g/mol. The highest BCUT2D eigenvalue weighted by atomic mass is 35.5. The van der Waals surface area contributed by atoms with E-state index in [0.717, 1.165) is 0 Å². The topological polar surface area (TPSA) is 32.9 Å². The van der Waals surface area contributed by atoms with Crippen LogP contribution in [0, 0.1) is 5.82 Å². The lowest BCUT2D eigenvalue weighted by atomic mass is 10.2. The minimum atomic E-state index is -0.598. The van der Waals surface area contributed by atoms with E-state index in [-0.39, 0.29) is 16.2 Å². The van der Waals surface area contributed by atoms with Gasteiger partial charge in [0.05, 0.1) is 21.3 Å². The van der Waals surface area contributed by atoms with Gasteiger partial charge < -0.3 is 4.98 Å². The van der Waals surface area contributed by atoms with Gasteiger partial charge in [0.2, 0.25) is 0 Å². The van der Waals surface area contributed by atoms with Gasteiger partial charge in [-0.05, 0) is 12.1 Å². The van der Waals surface area contributed by atoms with Gasteiger partial charge in [0.15, 0.2) is 12.1 Å². The molecule has 0 aliphatic rings. The number of nitrogens with one attached hydrogen (secondary N) is 1. The van der Waals surface area contributed by atoms with Crippen LogP contribution in [0.25, 0.3) is 10.9 Å². The molecule has 0 saturated carbocycles. The Kier molecular flexibility index (Phi) is 2.21. The van der Waals surface area contributed by atoms with Crippen molar-refractivity contribution in [3.05, 3.63) is 33.7 Å². The summed E-state index contributed by atoms with van der Waals surface area (Å²) in [6.07, 6.45) is 0.587. The second-order valence-corrected chi connectivity index (χ2v) is 3.60. The Labute approximate surface area is 88.6 Å². The molecule has 0 unspecified atom stereocenters. The third-order valence-corrected chi connectivity index (χ3v) is 2.49. The van der Waals surface area contributed by atoms with Gasteiger partial charge in [-0.2, -0.15) is 0 Å². The highest BCUT2D eigenvalue weighted by Crippen LogP contribution is 2.31. The van der Waals surface area contributed by atoms with Crippen LogP contribution in [0.2, 0.25) is 10.0 Å². The van der Waals surface area contributed by atoms with E-state index >= 15 is 0 Å². The van der Waals surface area contributed by atoms with Crippen LogP contribution in [0.5, 0.6) is 0 Å². The summed E-state index contributed by atoms with van der Waals surface area (Å²) in [5.41, 5.74) is 0.424. The van der Waals surface area contributed by atoms with Crippen LogP contribution >= 0.6 is 23.2 Å². The zero-order chi connectivity index (χ0) is 10.3. The maximum absolute atomic E-state index is 13.4. The summed E-state index contributed by atoms with van der Waals surface area (Å²) in [5.74, 6) is -0.598. The summed E-state index contributed by atoms with van der Waals surface area (Å²) in [6, 6.07) is 2.78. The molecule has 0 radical (unpaired) electrons. The van der Waals surface area contributed by atoms with Gasteiger partial charge in [-0.25, -0.2) is 4.39 Å². The minimum Gasteiger partial charge on any atom is -0.350 e. The molecule has 72 valence electrons. The third kappa shape index (κ3) is 1.29. The molecule has 2 aromatic rings. The van der Waals surface area contributed by atoms with E-state index in [0.29, 0.717) is 16.7 Å². The summed E-state index contributed by atoms with van der Waals surface area (Å²) >= 11 is 11.4. The molecule has 0 amide bonds. The third-order valence-electron chi connectivity index (χ3n) is 1.91. The van der Waals surface area contributed by atoms with E-state index in [1.807, 2.05) is 0 Å². The predicted molar refractivity (Wildman–Crippen MR) is 53.7 cm³/mol. The number of H-pyrrole nitrogens is 1. The zero-order valence-electron chi connectivity index (χ0n) is 6.77. The Balaban J connectivity index is 2.90. The number of halogens is 3. The molecule has 0 atom stereocenters. The number of benzene rings is 1. The Morgan fingerprint density at radius 1 is 1.29 bits per heavy atom. The van der Waals surface area contributed by atoms with Crippen molar-refractivity contribution in [2.24, 2.45) is 0 Å². The van der Waals surface area contributed by atoms with E-state index in [4.69, 9.17) is 23.2 Å². The van der Waals surface area contributed by atoms with Crippen LogP contribution < -0.4 is 0 Å². The maximum Gasteiger partial charge on any atom is 0.166 e. The highest BCUT2D eigenvalue weighted by Gasteiger charge is 2.12. The monoisotopic (exact) mass is 231 g/mol. The minimum absolute atomic E-state index is 0.0678. The molecule has 1 heterocycles. The van der Waals surface area contributed by atoms with Crippen LogP contribution in [0.4, 0.5) is 4.39 Å². The van der Waals surface area contributed by atoms with Gasteiger partial charge >= 0.3 is 0 Å². The van der Waals surface area contributed by atoms with Gasteiger partial charge in [-0.1, -0.05) is 23.2 Å². The van der Waals surface area contributed by atoms with E-state index in [1.165, 1.54) is 12.1 Å². The smallest absolute Gasteiger partial charge is 0.166 e. The Bertz CT molecular complexity index is 521. The number of hydrogen-bond donors (Lipinski definition) is 1. The van der Waals surface area contributed by atoms with E-state index in [9.17, 15) is 9.18 Å². The summed E-state index contributed by atoms with van der Waals surface area (Å²) in [4.78, 5) is 13.0. The molecule has 0 aliphatic heterocycles. The number of aromatic nitrogens is 1. The van der Waals surface area contributed by atoms with Crippen molar-refractivity contribution in [3.8, 4) is 0 Å². The first-order valence-electron chi connectivity index (χ1n) is 3.75. The summed E-state index contributed by atoms with van der Waals surface area (Å²) in [6.45, 7) is 0. The lowest BCUT2D eigenvalue weighted by molar-refractivity contribution is 0.112.